The van der Waals surface area contributed by atoms with E-state index in [0.29, 0.717) is 22.9 Å². The van der Waals surface area contributed by atoms with E-state index in [4.69, 9.17) is 4.98 Å². The predicted octanol–water partition coefficient (Wildman–Crippen LogP) is 1.46. The van der Waals surface area contributed by atoms with Gasteiger partial charge in [0.2, 0.25) is 0 Å². The van der Waals surface area contributed by atoms with Crippen LogP contribution < -0.4 is 16.0 Å². The van der Waals surface area contributed by atoms with E-state index in [2.05, 4.69) is 21.0 Å². The first-order valence-electron chi connectivity index (χ1n) is 8.82. The molecule has 1 aliphatic heterocycles. The molecule has 1 atom stereocenters. The van der Waals surface area contributed by atoms with Gasteiger partial charge in [-0.25, -0.2) is 9.78 Å². The highest BCUT2D eigenvalue weighted by Gasteiger charge is 2.36. The van der Waals surface area contributed by atoms with Gasteiger partial charge in [0.1, 0.15) is 11.6 Å². The zero-order valence-electron chi connectivity index (χ0n) is 14.7. The fourth-order valence-corrected chi connectivity index (χ4v) is 3.12. The fraction of sp³-hybridized carbons (Fsp3) is 0.278. The Kier molecular flexibility index (Phi) is 3.28. The minimum atomic E-state index is -1.46. The molecule has 1 aliphatic carbocycles. The molecule has 2 fully saturated rings. The van der Waals surface area contributed by atoms with Gasteiger partial charge < -0.3 is 25.6 Å². The summed E-state index contributed by atoms with van der Waals surface area (Å²) in [6.45, 7) is 1.52. The van der Waals surface area contributed by atoms with Crippen LogP contribution in [0.5, 0.6) is 0 Å². The number of aromatic nitrogens is 4. The lowest BCUT2D eigenvalue weighted by Gasteiger charge is -2.16. The van der Waals surface area contributed by atoms with Gasteiger partial charge in [-0.15, -0.1) is 0 Å². The highest BCUT2D eigenvalue weighted by Crippen LogP contribution is 2.28. The minimum Gasteiger partial charge on any atom is -0.367 e. The number of rotatable bonds is 4. The maximum absolute atomic E-state index is 11.6. The fourth-order valence-electron chi connectivity index (χ4n) is 3.12. The first-order valence-corrected chi connectivity index (χ1v) is 8.82. The second-order valence-corrected chi connectivity index (χ2v) is 7.05. The molecule has 0 bridgehead atoms. The summed E-state index contributed by atoms with van der Waals surface area (Å²) in [6, 6.07) is 5.86. The van der Waals surface area contributed by atoms with Crippen molar-refractivity contribution in [2.75, 3.05) is 5.32 Å². The van der Waals surface area contributed by atoms with Gasteiger partial charge in [0.25, 0.3) is 0 Å². The van der Waals surface area contributed by atoms with Crippen LogP contribution in [0.25, 0.3) is 17.5 Å². The average Bonchev–Trinajstić information content (AvgIpc) is 3.03. The Morgan fingerprint density at radius 1 is 1.37 bits per heavy atom. The molecule has 2 amide bonds. The molecule has 3 aromatic heterocycles. The third-order valence-electron chi connectivity index (χ3n) is 4.71. The zero-order chi connectivity index (χ0) is 18.6. The summed E-state index contributed by atoms with van der Waals surface area (Å²) in [6.07, 6.45) is 9.50. The highest BCUT2D eigenvalue weighted by molar-refractivity contribution is 5.84. The Morgan fingerprint density at radius 3 is 2.81 bits per heavy atom. The summed E-state index contributed by atoms with van der Waals surface area (Å²) in [5, 5.41) is 23.4. The molecule has 0 aromatic carbocycles. The second kappa shape index (κ2) is 5.58. The largest absolute Gasteiger partial charge is 0.367 e. The lowest BCUT2D eigenvalue weighted by atomic mass is 10.1. The Hall–Kier alpha value is -3.33. The normalized spacial score (nSPS) is 23.6. The molecule has 4 heterocycles. The van der Waals surface area contributed by atoms with Crippen LogP contribution in [0.3, 0.4) is 0 Å². The molecule has 0 radical (unpaired) electrons. The standard InChI is InChI=1S/C18H19N7O2/c1-18(27)13(21-17(26)23-18)8-11-10-19-25-15(20-12-4-5-12)9-14(22-16(11)25)24-6-2-3-7-24/h2-3,6-10,12,20,27H,4-5H2,1H3,(H2,21,23,26)/b13-8-. The lowest BCUT2D eigenvalue weighted by molar-refractivity contribution is 0.0871. The van der Waals surface area contributed by atoms with Gasteiger partial charge in [0, 0.05) is 30.1 Å². The monoisotopic (exact) mass is 365 g/mol. The van der Waals surface area contributed by atoms with Crippen LogP contribution in [0.4, 0.5) is 10.6 Å². The molecule has 138 valence electrons. The van der Waals surface area contributed by atoms with Crippen molar-refractivity contribution in [2.45, 2.75) is 31.5 Å². The van der Waals surface area contributed by atoms with Crippen LogP contribution in [-0.4, -0.2) is 42.1 Å². The Bertz CT molecular complexity index is 1060. The van der Waals surface area contributed by atoms with Gasteiger partial charge in [-0.2, -0.15) is 9.61 Å². The molecule has 0 spiro atoms. The maximum Gasteiger partial charge on any atom is 0.321 e. The minimum absolute atomic E-state index is 0.354. The van der Waals surface area contributed by atoms with Gasteiger partial charge in [-0.3, -0.25) is 0 Å². The van der Waals surface area contributed by atoms with Crippen LogP contribution in [0.1, 0.15) is 25.3 Å². The van der Waals surface area contributed by atoms with Crippen LogP contribution in [0.15, 0.2) is 42.5 Å². The zero-order valence-corrected chi connectivity index (χ0v) is 14.7. The number of anilines is 1. The lowest BCUT2D eigenvalue weighted by Crippen LogP contribution is -2.38. The van der Waals surface area contributed by atoms with E-state index in [1.807, 2.05) is 35.2 Å². The molecular weight excluding hydrogens is 346 g/mol. The number of aliphatic hydroxyl groups is 1. The van der Waals surface area contributed by atoms with Gasteiger partial charge >= 0.3 is 6.03 Å². The van der Waals surface area contributed by atoms with E-state index < -0.39 is 11.8 Å². The van der Waals surface area contributed by atoms with Crippen LogP contribution in [0, 0.1) is 0 Å². The first kappa shape index (κ1) is 15.9. The summed E-state index contributed by atoms with van der Waals surface area (Å²) >= 11 is 0. The Balaban J connectivity index is 1.65. The Morgan fingerprint density at radius 2 is 2.15 bits per heavy atom. The van der Waals surface area contributed by atoms with E-state index in [0.717, 1.165) is 24.5 Å². The number of nitrogens with zero attached hydrogens (tertiary/aromatic N) is 4. The number of nitrogens with one attached hydrogen (secondary N) is 3. The molecule has 9 heteroatoms. The van der Waals surface area contributed by atoms with Gasteiger partial charge in [0.15, 0.2) is 11.4 Å². The average molecular weight is 365 g/mol. The third-order valence-corrected chi connectivity index (χ3v) is 4.71. The van der Waals surface area contributed by atoms with Gasteiger partial charge in [-0.1, -0.05) is 0 Å². The maximum atomic E-state index is 11.6. The van der Waals surface area contributed by atoms with E-state index in [1.165, 1.54) is 6.92 Å². The summed E-state index contributed by atoms with van der Waals surface area (Å²) in [4.78, 5) is 16.3. The summed E-state index contributed by atoms with van der Waals surface area (Å²) < 4.78 is 3.67. The van der Waals surface area contributed by atoms with Crippen molar-refractivity contribution in [2.24, 2.45) is 0 Å². The first-order chi connectivity index (χ1) is 13.0. The number of urea groups is 1. The van der Waals surface area contributed by atoms with Crippen molar-refractivity contribution in [1.82, 2.24) is 29.8 Å². The molecule has 3 aromatic rings. The van der Waals surface area contributed by atoms with E-state index in [9.17, 15) is 9.90 Å². The van der Waals surface area contributed by atoms with Crippen LogP contribution in [-0.2, 0) is 0 Å². The number of amides is 2. The van der Waals surface area contributed by atoms with Gasteiger partial charge in [-0.05, 0) is 38.0 Å². The van der Waals surface area contributed by atoms with Crippen molar-refractivity contribution in [1.29, 1.82) is 0 Å². The molecule has 1 unspecified atom stereocenters. The van der Waals surface area contributed by atoms with Crippen molar-refractivity contribution in [3.63, 3.8) is 0 Å². The third kappa shape index (κ3) is 2.81. The van der Waals surface area contributed by atoms with E-state index in [-0.39, 0.29) is 0 Å². The molecule has 1 saturated heterocycles. The predicted molar refractivity (Wildman–Crippen MR) is 99.2 cm³/mol. The summed E-state index contributed by atoms with van der Waals surface area (Å²) in [5.41, 5.74) is 0.224. The molecule has 9 nitrogen and oxygen atoms in total. The van der Waals surface area contributed by atoms with Crippen molar-refractivity contribution >= 4 is 23.6 Å². The smallest absolute Gasteiger partial charge is 0.321 e. The quantitative estimate of drug-likeness (QED) is 0.560. The number of carbonyl (C=O) groups excluding carboxylic acids is 1. The second-order valence-electron chi connectivity index (χ2n) is 7.05. The van der Waals surface area contributed by atoms with E-state index in [1.54, 1.807) is 16.8 Å². The number of fused-ring (bicyclic) bond motifs is 1. The topological polar surface area (TPSA) is 109 Å². The molecule has 27 heavy (non-hydrogen) atoms. The molecule has 1 saturated carbocycles. The van der Waals surface area contributed by atoms with Gasteiger partial charge in [0.05, 0.1) is 11.9 Å². The van der Waals surface area contributed by atoms with Crippen molar-refractivity contribution < 1.29 is 9.90 Å². The van der Waals surface area contributed by atoms with Crippen molar-refractivity contribution in [3.8, 4) is 5.82 Å². The molecular formula is C18H19N7O2. The summed E-state index contributed by atoms with van der Waals surface area (Å²) in [7, 11) is 0. The van der Waals surface area contributed by atoms with Crippen molar-refractivity contribution in [3.05, 3.63) is 48.1 Å². The number of hydrogen-bond acceptors (Lipinski definition) is 5. The number of carbonyl (C=O) groups is 1. The number of hydrogen-bond donors (Lipinski definition) is 4. The molecule has 4 N–H and O–H groups in total. The van der Waals surface area contributed by atoms with Crippen LogP contribution >= 0.6 is 0 Å². The Labute approximate surface area is 154 Å². The molecule has 5 rings (SSSR count). The SMILES string of the molecule is CC1(O)NC(=O)N/C1=C\c1cnn2c(NC3CC3)cc(-n3cccc3)nc12. The molecule has 2 aliphatic rings. The highest BCUT2D eigenvalue weighted by atomic mass is 16.3. The van der Waals surface area contributed by atoms with Crippen LogP contribution in [0.2, 0.25) is 0 Å². The summed E-state index contributed by atoms with van der Waals surface area (Å²) in [5.74, 6) is 1.62. The van der Waals surface area contributed by atoms with E-state index >= 15 is 0 Å².